The van der Waals surface area contributed by atoms with E-state index < -0.39 is 16.6 Å². The van der Waals surface area contributed by atoms with Gasteiger partial charge in [-0.15, -0.1) is 0 Å². The fraction of sp³-hybridized carbons (Fsp3) is 0.429. The number of hydrogen-bond donors (Lipinski definition) is 2. The third kappa shape index (κ3) is 4.36. The van der Waals surface area contributed by atoms with Crippen LogP contribution < -0.4 is 15.5 Å². The van der Waals surface area contributed by atoms with Gasteiger partial charge in [0.05, 0.1) is 7.11 Å². The van der Waals surface area contributed by atoms with Crippen LogP contribution in [-0.2, 0) is 21.5 Å². The molecule has 1 aliphatic heterocycles. The number of benzene rings is 1. The number of nitrogens with one attached hydrogen (secondary N) is 1. The zero-order valence-electron chi connectivity index (χ0n) is 16.1. The summed E-state index contributed by atoms with van der Waals surface area (Å²) in [5.41, 5.74) is -0.319. The fourth-order valence-corrected chi connectivity index (χ4v) is 3.52. The third-order valence-corrected chi connectivity index (χ3v) is 5.13. The van der Waals surface area contributed by atoms with Gasteiger partial charge in [0, 0.05) is 37.7 Å². The van der Waals surface area contributed by atoms with Crippen LogP contribution in [0.1, 0.15) is 36.3 Å². The number of carbonyl (C=O) groups is 1. The molecule has 1 fully saturated rings. The highest BCUT2D eigenvalue weighted by atomic mass is 16.5. The van der Waals surface area contributed by atoms with Crippen LogP contribution in [0.2, 0.25) is 0 Å². The first-order valence-electron chi connectivity index (χ1n) is 9.25. The molecule has 1 aliphatic rings. The maximum absolute atomic E-state index is 12.7. The molecule has 0 bridgehead atoms. The van der Waals surface area contributed by atoms with E-state index >= 15 is 0 Å². The molecular formula is C21H25NO6. The lowest BCUT2D eigenvalue weighted by Gasteiger charge is -2.35. The topological polar surface area (TPSA) is 98.0 Å². The van der Waals surface area contributed by atoms with Crippen molar-refractivity contribution in [1.82, 2.24) is 5.32 Å². The van der Waals surface area contributed by atoms with Crippen LogP contribution in [0.5, 0.6) is 11.5 Å². The Morgan fingerprint density at radius 3 is 2.57 bits per heavy atom. The molecule has 1 aromatic heterocycles. The molecule has 7 nitrogen and oxygen atoms in total. The molecule has 2 N–H and O–H groups in total. The van der Waals surface area contributed by atoms with Crippen LogP contribution in [-0.4, -0.2) is 31.3 Å². The molecule has 2 heterocycles. The van der Waals surface area contributed by atoms with Crippen molar-refractivity contribution in [2.45, 2.75) is 38.1 Å². The van der Waals surface area contributed by atoms with Gasteiger partial charge in [-0.2, -0.15) is 0 Å². The summed E-state index contributed by atoms with van der Waals surface area (Å²) in [6.07, 6.45) is 1.08. The first-order valence-corrected chi connectivity index (χ1v) is 9.25. The van der Waals surface area contributed by atoms with E-state index in [1.807, 2.05) is 24.3 Å². The number of rotatable bonds is 6. The first-order chi connectivity index (χ1) is 13.4. The minimum absolute atomic E-state index is 0.104. The lowest BCUT2D eigenvalue weighted by atomic mass is 9.74. The average molecular weight is 387 g/mol. The molecule has 150 valence electrons. The molecule has 1 aromatic carbocycles. The van der Waals surface area contributed by atoms with Crippen LogP contribution in [0, 0.1) is 6.92 Å². The molecule has 0 aliphatic carbocycles. The number of hydrogen-bond acceptors (Lipinski definition) is 6. The van der Waals surface area contributed by atoms with Gasteiger partial charge in [0.15, 0.2) is 5.76 Å². The summed E-state index contributed by atoms with van der Waals surface area (Å²) in [7, 11) is 1.60. The smallest absolute Gasteiger partial charge is 0.227 e. The van der Waals surface area contributed by atoms with E-state index in [2.05, 4.69) is 5.32 Å². The van der Waals surface area contributed by atoms with E-state index in [0.717, 1.165) is 11.3 Å². The molecule has 3 rings (SSSR count). The normalized spacial score (nSPS) is 15.8. The highest BCUT2D eigenvalue weighted by molar-refractivity contribution is 5.77. The zero-order valence-corrected chi connectivity index (χ0v) is 16.1. The van der Waals surface area contributed by atoms with E-state index in [-0.39, 0.29) is 18.1 Å². The standard InChI is InChI=1S/C21H25NO6/c1-14-11-17(23)19(25)20(28-14)21(7-9-27-10-8-21)12-18(24)22-13-15-3-5-16(26-2)6-4-15/h3-6,11,25H,7-10,12-13H2,1-2H3,(H,22,24). The van der Waals surface area contributed by atoms with Crippen molar-refractivity contribution in [2.24, 2.45) is 0 Å². The Balaban J connectivity index is 1.77. The number of aromatic hydroxyl groups is 1. The lowest BCUT2D eigenvalue weighted by Crippen LogP contribution is -2.40. The maximum Gasteiger partial charge on any atom is 0.227 e. The summed E-state index contributed by atoms with van der Waals surface area (Å²) < 4.78 is 16.3. The minimum atomic E-state index is -0.766. The Kier molecular flexibility index (Phi) is 6.04. The molecule has 1 saturated heterocycles. The molecule has 1 amide bonds. The summed E-state index contributed by atoms with van der Waals surface area (Å²) in [6.45, 7) is 2.89. The van der Waals surface area contributed by atoms with E-state index in [1.165, 1.54) is 6.07 Å². The van der Waals surface area contributed by atoms with Gasteiger partial charge in [-0.3, -0.25) is 9.59 Å². The molecule has 2 aromatic rings. The van der Waals surface area contributed by atoms with Gasteiger partial charge in [0.2, 0.25) is 17.1 Å². The highest BCUT2D eigenvalue weighted by Crippen LogP contribution is 2.41. The van der Waals surface area contributed by atoms with Crippen molar-refractivity contribution in [3.05, 3.63) is 57.6 Å². The molecule has 7 heteroatoms. The van der Waals surface area contributed by atoms with Gasteiger partial charge < -0.3 is 24.3 Å². The minimum Gasteiger partial charge on any atom is -0.502 e. The second-order valence-electron chi connectivity index (χ2n) is 7.09. The monoisotopic (exact) mass is 387 g/mol. The van der Waals surface area contributed by atoms with Gasteiger partial charge in [-0.05, 0) is 37.5 Å². The number of carbonyl (C=O) groups excluding carboxylic acids is 1. The number of aryl methyl sites for hydroxylation is 1. The Hall–Kier alpha value is -2.80. The van der Waals surface area contributed by atoms with Crippen LogP contribution >= 0.6 is 0 Å². The average Bonchev–Trinajstić information content (AvgIpc) is 2.70. The van der Waals surface area contributed by atoms with Gasteiger partial charge in [0.1, 0.15) is 11.5 Å². The summed E-state index contributed by atoms with van der Waals surface area (Å²) in [6, 6.07) is 8.68. The Labute approximate surface area is 163 Å². The Morgan fingerprint density at radius 1 is 1.25 bits per heavy atom. The molecule has 0 radical (unpaired) electrons. The van der Waals surface area contributed by atoms with Gasteiger partial charge >= 0.3 is 0 Å². The van der Waals surface area contributed by atoms with E-state index in [1.54, 1.807) is 14.0 Å². The van der Waals surface area contributed by atoms with E-state index in [0.29, 0.717) is 38.4 Å². The molecule has 0 atom stereocenters. The van der Waals surface area contributed by atoms with Crippen LogP contribution in [0.15, 0.2) is 39.5 Å². The quantitative estimate of drug-likeness (QED) is 0.790. The summed E-state index contributed by atoms with van der Waals surface area (Å²) in [5.74, 6) is 0.737. The van der Waals surface area contributed by atoms with Crippen LogP contribution in [0.25, 0.3) is 0 Å². The van der Waals surface area contributed by atoms with Crippen molar-refractivity contribution in [3.8, 4) is 11.5 Å². The predicted molar refractivity (Wildman–Crippen MR) is 103 cm³/mol. The zero-order chi connectivity index (χ0) is 20.1. The number of amides is 1. The predicted octanol–water partition coefficient (Wildman–Crippen LogP) is 2.42. The first kappa shape index (κ1) is 19.9. The Morgan fingerprint density at radius 2 is 1.93 bits per heavy atom. The van der Waals surface area contributed by atoms with Gasteiger partial charge in [-0.25, -0.2) is 0 Å². The summed E-state index contributed by atoms with van der Waals surface area (Å²) >= 11 is 0. The van der Waals surface area contributed by atoms with E-state index in [9.17, 15) is 14.7 Å². The van der Waals surface area contributed by atoms with Crippen molar-refractivity contribution < 1.29 is 23.8 Å². The fourth-order valence-electron chi connectivity index (χ4n) is 3.52. The van der Waals surface area contributed by atoms with Crippen LogP contribution in [0.4, 0.5) is 0 Å². The van der Waals surface area contributed by atoms with Gasteiger partial charge in [0.25, 0.3) is 0 Å². The SMILES string of the molecule is COc1ccc(CNC(=O)CC2(c3oc(C)cc(=O)c3O)CCOCC2)cc1. The molecule has 0 saturated carbocycles. The van der Waals surface area contributed by atoms with E-state index in [4.69, 9.17) is 13.9 Å². The molecule has 0 unspecified atom stereocenters. The second-order valence-corrected chi connectivity index (χ2v) is 7.09. The van der Waals surface area contributed by atoms with Crippen LogP contribution in [0.3, 0.4) is 0 Å². The number of ether oxygens (including phenoxy) is 2. The summed E-state index contributed by atoms with van der Waals surface area (Å²) in [4.78, 5) is 24.7. The highest BCUT2D eigenvalue weighted by Gasteiger charge is 2.41. The van der Waals surface area contributed by atoms with Crippen molar-refractivity contribution in [1.29, 1.82) is 0 Å². The molecule has 0 spiro atoms. The Bertz CT molecular complexity index is 881. The summed E-state index contributed by atoms with van der Waals surface area (Å²) in [5, 5.41) is 13.2. The maximum atomic E-state index is 12.7. The van der Waals surface area contributed by atoms with Crippen molar-refractivity contribution >= 4 is 5.91 Å². The van der Waals surface area contributed by atoms with Crippen molar-refractivity contribution in [3.63, 3.8) is 0 Å². The largest absolute Gasteiger partial charge is 0.502 e. The second kappa shape index (κ2) is 8.48. The number of methoxy groups -OCH3 is 1. The molecule has 28 heavy (non-hydrogen) atoms. The lowest BCUT2D eigenvalue weighted by molar-refractivity contribution is -0.123. The van der Waals surface area contributed by atoms with Gasteiger partial charge in [-0.1, -0.05) is 12.1 Å². The van der Waals surface area contributed by atoms with Crippen molar-refractivity contribution in [2.75, 3.05) is 20.3 Å². The molecular weight excluding hydrogens is 362 g/mol. The third-order valence-electron chi connectivity index (χ3n) is 5.13.